The third-order valence-electron chi connectivity index (χ3n) is 2.57. The molecule has 0 unspecified atom stereocenters. The highest BCUT2D eigenvalue weighted by molar-refractivity contribution is 7.80. The molecular formula is C12H10F3N3S. The van der Waals surface area contributed by atoms with Crippen LogP contribution in [0.4, 0.5) is 13.2 Å². The van der Waals surface area contributed by atoms with Crippen LogP contribution < -0.4 is 5.73 Å². The number of thiocarbonyl (C=S) groups is 1. The second-order valence-electron chi connectivity index (χ2n) is 3.94. The quantitative estimate of drug-likeness (QED) is 0.882. The molecule has 0 fully saturated rings. The first-order chi connectivity index (χ1) is 8.88. The molecule has 0 bridgehead atoms. The first-order valence-corrected chi connectivity index (χ1v) is 5.76. The number of rotatable bonds is 3. The van der Waals surface area contributed by atoms with Crippen LogP contribution in [0.2, 0.25) is 0 Å². The average molecular weight is 285 g/mol. The van der Waals surface area contributed by atoms with E-state index in [9.17, 15) is 13.2 Å². The number of alkyl halides is 3. The Labute approximate surface area is 112 Å². The molecule has 1 aromatic heterocycles. The fourth-order valence-electron chi connectivity index (χ4n) is 1.66. The molecule has 7 heteroatoms. The van der Waals surface area contributed by atoms with Crippen LogP contribution in [-0.2, 0) is 12.7 Å². The van der Waals surface area contributed by atoms with E-state index in [2.05, 4.69) is 4.98 Å². The van der Waals surface area contributed by atoms with E-state index in [0.29, 0.717) is 17.9 Å². The van der Waals surface area contributed by atoms with E-state index in [1.807, 2.05) is 0 Å². The molecule has 0 atom stereocenters. The molecule has 2 N–H and O–H groups in total. The molecule has 0 amide bonds. The summed E-state index contributed by atoms with van der Waals surface area (Å²) in [6, 6.07) is 4.94. The van der Waals surface area contributed by atoms with Gasteiger partial charge in [-0.3, -0.25) is 0 Å². The molecule has 19 heavy (non-hydrogen) atoms. The van der Waals surface area contributed by atoms with Crippen LogP contribution in [0, 0.1) is 0 Å². The Morgan fingerprint density at radius 2 is 1.89 bits per heavy atom. The molecule has 0 saturated heterocycles. The van der Waals surface area contributed by atoms with Gasteiger partial charge in [-0.1, -0.05) is 24.4 Å². The van der Waals surface area contributed by atoms with Crippen LogP contribution in [0.25, 0.3) is 0 Å². The highest BCUT2D eigenvalue weighted by Crippen LogP contribution is 2.29. The number of aromatic nitrogens is 2. The van der Waals surface area contributed by atoms with Gasteiger partial charge in [0, 0.05) is 18.9 Å². The van der Waals surface area contributed by atoms with Gasteiger partial charge in [0.1, 0.15) is 4.99 Å². The van der Waals surface area contributed by atoms with Crippen molar-refractivity contribution in [2.75, 3.05) is 0 Å². The van der Waals surface area contributed by atoms with Crippen LogP contribution in [0.5, 0.6) is 0 Å². The summed E-state index contributed by atoms with van der Waals surface area (Å²) in [6.45, 7) is 0.366. The number of nitrogens with zero attached hydrogens (tertiary/aromatic N) is 2. The maximum absolute atomic E-state index is 12.4. The lowest BCUT2D eigenvalue weighted by molar-refractivity contribution is -0.137. The summed E-state index contributed by atoms with van der Waals surface area (Å²) in [6.07, 6.45) is -1.11. The van der Waals surface area contributed by atoms with Crippen molar-refractivity contribution < 1.29 is 13.2 Å². The first kappa shape index (κ1) is 13.5. The lowest BCUT2D eigenvalue weighted by atomic mass is 10.1. The number of benzene rings is 1. The van der Waals surface area contributed by atoms with Gasteiger partial charge in [-0.25, -0.2) is 4.98 Å². The maximum atomic E-state index is 12.4. The summed E-state index contributed by atoms with van der Waals surface area (Å²) >= 11 is 4.83. The third-order valence-corrected chi connectivity index (χ3v) is 2.75. The molecule has 0 aliphatic rings. The Bertz CT molecular complexity index is 587. The second-order valence-corrected chi connectivity index (χ2v) is 4.38. The van der Waals surface area contributed by atoms with E-state index in [1.54, 1.807) is 17.0 Å². The zero-order valence-electron chi connectivity index (χ0n) is 9.69. The van der Waals surface area contributed by atoms with E-state index in [1.165, 1.54) is 12.1 Å². The van der Waals surface area contributed by atoms with Crippen molar-refractivity contribution in [3.8, 4) is 0 Å². The smallest absolute Gasteiger partial charge is 0.387 e. The largest absolute Gasteiger partial charge is 0.416 e. The molecule has 2 aromatic rings. The van der Waals surface area contributed by atoms with E-state index >= 15 is 0 Å². The number of nitrogens with two attached hydrogens (primary N) is 1. The lowest BCUT2D eigenvalue weighted by Gasteiger charge is -2.09. The zero-order valence-corrected chi connectivity index (χ0v) is 10.5. The Morgan fingerprint density at radius 1 is 1.26 bits per heavy atom. The summed E-state index contributed by atoms with van der Waals surface area (Å²) < 4.78 is 38.9. The topological polar surface area (TPSA) is 43.8 Å². The van der Waals surface area contributed by atoms with Crippen molar-refractivity contribution in [2.45, 2.75) is 12.7 Å². The SMILES string of the molecule is NC(=S)c1nccn1Cc1ccc(C(F)(F)F)cc1. The molecule has 0 aliphatic carbocycles. The van der Waals surface area contributed by atoms with E-state index in [-0.39, 0.29) is 4.99 Å². The van der Waals surface area contributed by atoms with Gasteiger partial charge in [-0.15, -0.1) is 0 Å². The number of hydrogen-bond donors (Lipinski definition) is 1. The minimum Gasteiger partial charge on any atom is -0.387 e. The predicted molar refractivity (Wildman–Crippen MR) is 68.7 cm³/mol. The Kier molecular flexibility index (Phi) is 3.57. The van der Waals surface area contributed by atoms with E-state index in [4.69, 9.17) is 18.0 Å². The van der Waals surface area contributed by atoms with Crippen LogP contribution in [0.15, 0.2) is 36.7 Å². The van der Waals surface area contributed by atoms with Crippen LogP contribution >= 0.6 is 12.2 Å². The lowest BCUT2D eigenvalue weighted by Crippen LogP contribution is -2.17. The molecule has 0 radical (unpaired) electrons. The number of halogens is 3. The van der Waals surface area contributed by atoms with Crippen molar-refractivity contribution in [1.82, 2.24) is 9.55 Å². The summed E-state index contributed by atoms with van der Waals surface area (Å²) in [5, 5.41) is 0. The Morgan fingerprint density at radius 3 is 2.42 bits per heavy atom. The zero-order chi connectivity index (χ0) is 14.0. The molecule has 0 saturated carbocycles. The van der Waals surface area contributed by atoms with Gasteiger partial charge in [0.2, 0.25) is 0 Å². The normalized spacial score (nSPS) is 11.5. The van der Waals surface area contributed by atoms with E-state index < -0.39 is 11.7 Å². The molecule has 1 heterocycles. The third kappa shape index (κ3) is 3.11. The summed E-state index contributed by atoms with van der Waals surface area (Å²) in [5.41, 5.74) is 5.53. The molecule has 100 valence electrons. The van der Waals surface area contributed by atoms with Crippen molar-refractivity contribution in [3.05, 3.63) is 53.6 Å². The van der Waals surface area contributed by atoms with Crippen LogP contribution in [-0.4, -0.2) is 14.5 Å². The molecule has 2 rings (SSSR count). The molecule has 0 aliphatic heterocycles. The monoisotopic (exact) mass is 285 g/mol. The fraction of sp³-hybridized carbons (Fsp3) is 0.167. The van der Waals surface area contributed by atoms with E-state index in [0.717, 1.165) is 12.1 Å². The van der Waals surface area contributed by atoms with Crippen molar-refractivity contribution in [1.29, 1.82) is 0 Å². The highest BCUT2D eigenvalue weighted by Gasteiger charge is 2.29. The van der Waals surface area contributed by atoms with Gasteiger partial charge in [-0.05, 0) is 17.7 Å². The van der Waals surface area contributed by atoms with Gasteiger partial charge in [0.25, 0.3) is 0 Å². The summed E-state index contributed by atoms with van der Waals surface area (Å²) in [5.74, 6) is 0.440. The summed E-state index contributed by atoms with van der Waals surface area (Å²) in [7, 11) is 0. The molecule has 1 aromatic carbocycles. The van der Waals surface area contributed by atoms with Crippen molar-refractivity contribution in [3.63, 3.8) is 0 Å². The van der Waals surface area contributed by atoms with Gasteiger partial charge < -0.3 is 10.3 Å². The number of imidazole rings is 1. The van der Waals surface area contributed by atoms with Gasteiger partial charge in [-0.2, -0.15) is 13.2 Å². The average Bonchev–Trinajstić information content (AvgIpc) is 2.77. The Balaban J connectivity index is 2.20. The minimum atomic E-state index is -4.32. The second kappa shape index (κ2) is 5.00. The summed E-state index contributed by atoms with van der Waals surface area (Å²) in [4.78, 5) is 4.14. The van der Waals surface area contributed by atoms with Gasteiger partial charge >= 0.3 is 6.18 Å². The Hall–Kier alpha value is -1.89. The van der Waals surface area contributed by atoms with Crippen molar-refractivity contribution in [2.24, 2.45) is 5.73 Å². The van der Waals surface area contributed by atoms with Crippen LogP contribution in [0.3, 0.4) is 0 Å². The predicted octanol–water partition coefficient (Wildman–Crippen LogP) is 2.58. The molecule has 3 nitrogen and oxygen atoms in total. The standard InChI is InChI=1S/C12H10F3N3S/c13-12(14,15)9-3-1-8(2-4-9)7-18-6-5-17-11(18)10(16)19/h1-6H,7H2,(H2,16,19). The van der Waals surface area contributed by atoms with Crippen LogP contribution in [0.1, 0.15) is 17.0 Å². The molecular weight excluding hydrogens is 275 g/mol. The first-order valence-electron chi connectivity index (χ1n) is 5.35. The number of hydrogen-bond acceptors (Lipinski definition) is 2. The minimum absolute atomic E-state index is 0.150. The molecule has 0 spiro atoms. The van der Waals surface area contributed by atoms with Crippen molar-refractivity contribution >= 4 is 17.2 Å². The highest BCUT2D eigenvalue weighted by atomic mass is 32.1. The van der Waals surface area contributed by atoms with Gasteiger partial charge in [0.15, 0.2) is 5.82 Å². The maximum Gasteiger partial charge on any atom is 0.416 e. The van der Waals surface area contributed by atoms with Gasteiger partial charge in [0.05, 0.1) is 5.56 Å². The fourth-order valence-corrected chi connectivity index (χ4v) is 1.83.